The lowest BCUT2D eigenvalue weighted by Crippen LogP contribution is -2.35. The third kappa shape index (κ3) is 3.72. The summed E-state index contributed by atoms with van der Waals surface area (Å²) >= 11 is 0. The third-order valence-corrected chi connectivity index (χ3v) is 5.32. The summed E-state index contributed by atoms with van der Waals surface area (Å²) in [6.45, 7) is 3.23. The van der Waals surface area contributed by atoms with Crippen molar-refractivity contribution < 1.29 is 23.9 Å². The molecule has 1 aromatic carbocycles. The number of allylic oxidation sites excluding steroid dienone is 2. The van der Waals surface area contributed by atoms with Gasteiger partial charge in [-0.1, -0.05) is 12.1 Å². The lowest BCUT2D eigenvalue weighted by molar-refractivity contribution is -0.121. The second-order valence-electron chi connectivity index (χ2n) is 7.05. The van der Waals surface area contributed by atoms with Crippen molar-refractivity contribution in [1.29, 1.82) is 0 Å². The molecular weight excluding hydrogens is 358 g/mol. The number of amides is 1. The highest BCUT2D eigenvalue weighted by atomic mass is 16.5. The molecule has 0 aromatic heterocycles. The first-order valence-corrected chi connectivity index (χ1v) is 9.47. The average molecular weight is 383 g/mol. The number of benzene rings is 1. The van der Waals surface area contributed by atoms with Crippen LogP contribution in [0.4, 0.5) is 0 Å². The molecule has 0 saturated carbocycles. The molecule has 0 spiro atoms. The summed E-state index contributed by atoms with van der Waals surface area (Å²) in [6.07, 6.45) is 3.56. The van der Waals surface area contributed by atoms with E-state index in [9.17, 15) is 14.4 Å². The molecule has 3 rings (SSSR count). The maximum absolute atomic E-state index is 12.7. The van der Waals surface area contributed by atoms with E-state index in [1.54, 1.807) is 19.1 Å². The Labute approximate surface area is 164 Å². The molecule has 1 aliphatic heterocycles. The molecule has 0 radical (unpaired) electrons. The first kappa shape index (κ1) is 19.9. The average Bonchev–Trinajstić information content (AvgIpc) is 2.74. The fraction of sp³-hybridized carbons (Fsp3) is 0.409. The molecule has 1 fully saturated rings. The van der Waals surface area contributed by atoms with Crippen LogP contribution in [0, 0.1) is 0 Å². The van der Waals surface area contributed by atoms with Gasteiger partial charge in [-0.3, -0.25) is 14.4 Å². The number of methoxy groups -OCH3 is 2. The van der Waals surface area contributed by atoms with Gasteiger partial charge in [0, 0.05) is 36.2 Å². The molecule has 2 aliphatic rings. The lowest BCUT2D eigenvalue weighted by Gasteiger charge is -2.26. The Bertz CT molecular complexity index is 857. The van der Waals surface area contributed by atoms with Gasteiger partial charge in [-0.05, 0) is 43.9 Å². The molecular formula is C22H25NO5. The second-order valence-corrected chi connectivity index (χ2v) is 7.05. The topological polar surface area (TPSA) is 72.9 Å². The number of ether oxygens (including phenoxy) is 2. The van der Waals surface area contributed by atoms with E-state index in [0.717, 1.165) is 31.5 Å². The molecule has 0 N–H and O–H groups in total. The molecule has 1 aliphatic carbocycles. The fourth-order valence-corrected chi connectivity index (χ4v) is 3.65. The summed E-state index contributed by atoms with van der Waals surface area (Å²) in [5.74, 6) is -0.767. The van der Waals surface area contributed by atoms with E-state index in [2.05, 4.69) is 0 Å². The normalized spacial score (nSPS) is 17.9. The highest BCUT2D eigenvalue weighted by Crippen LogP contribution is 2.28. The van der Waals surface area contributed by atoms with Crippen molar-refractivity contribution in [2.75, 3.05) is 27.3 Å². The van der Waals surface area contributed by atoms with Crippen LogP contribution in [-0.2, 0) is 25.5 Å². The van der Waals surface area contributed by atoms with Crippen molar-refractivity contribution in [3.8, 4) is 0 Å². The van der Waals surface area contributed by atoms with Gasteiger partial charge >= 0.3 is 0 Å². The predicted molar refractivity (Wildman–Crippen MR) is 104 cm³/mol. The quantitative estimate of drug-likeness (QED) is 0.731. The minimum Gasteiger partial charge on any atom is -0.489 e. The molecule has 0 atom stereocenters. The van der Waals surface area contributed by atoms with Crippen molar-refractivity contribution in [2.24, 2.45) is 0 Å². The number of likely N-dealkylation sites (tertiary alicyclic amines) is 1. The molecule has 6 nitrogen and oxygen atoms in total. The zero-order chi connectivity index (χ0) is 20.3. The molecule has 1 saturated heterocycles. The van der Waals surface area contributed by atoms with Crippen molar-refractivity contribution in [3.63, 3.8) is 0 Å². The Morgan fingerprint density at radius 1 is 0.929 bits per heavy atom. The molecule has 1 amide bonds. The highest BCUT2D eigenvalue weighted by Gasteiger charge is 2.34. The van der Waals surface area contributed by atoms with E-state index in [1.807, 2.05) is 17.0 Å². The van der Waals surface area contributed by atoms with E-state index in [4.69, 9.17) is 9.47 Å². The summed E-state index contributed by atoms with van der Waals surface area (Å²) < 4.78 is 10.2. The highest BCUT2D eigenvalue weighted by molar-refractivity contribution is 6.23. The number of nitrogens with zero attached hydrogens (tertiary/aromatic N) is 1. The lowest BCUT2D eigenvalue weighted by atomic mass is 9.88. The summed E-state index contributed by atoms with van der Waals surface area (Å²) in [5, 5.41) is 0. The van der Waals surface area contributed by atoms with Crippen LogP contribution in [0.3, 0.4) is 0 Å². The second kappa shape index (κ2) is 8.42. The number of piperidine rings is 1. The number of Topliss-reactive ketones (excluding diaryl/α,β-unsaturated/α-hetero) is 2. The SMILES string of the molecule is COC1=C(OC)C(=O)C(Cc2ccc(C(=O)N3CCCCC3)cc2)=C(C)C1=O. The molecule has 6 heteroatoms. The maximum Gasteiger partial charge on any atom is 0.253 e. The Balaban J connectivity index is 1.78. The van der Waals surface area contributed by atoms with Crippen LogP contribution < -0.4 is 0 Å². The molecule has 0 bridgehead atoms. The number of carbonyl (C=O) groups excluding carboxylic acids is 3. The van der Waals surface area contributed by atoms with Crippen LogP contribution in [0.2, 0.25) is 0 Å². The standard InChI is InChI=1S/C22H25NO5/c1-14-17(19(25)21(28-3)20(27-2)18(14)24)13-15-7-9-16(10-8-15)22(26)23-11-5-4-6-12-23/h7-10H,4-6,11-13H2,1-3H3. The van der Waals surface area contributed by atoms with E-state index in [-0.39, 0.29) is 29.0 Å². The van der Waals surface area contributed by atoms with Crippen LogP contribution in [0.5, 0.6) is 0 Å². The Morgan fingerprint density at radius 2 is 1.50 bits per heavy atom. The van der Waals surface area contributed by atoms with Crippen molar-refractivity contribution in [2.45, 2.75) is 32.6 Å². The van der Waals surface area contributed by atoms with E-state index in [0.29, 0.717) is 23.1 Å². The van der Waals surface area contributed by atoms with Crippen LogP contribution in [-0.4, -0.2) is 49.7 Å². The van der Waals surface area contributed by atoms with Gasteiger partial charge in [0.15, 0.2) is 0 Å². The van der Waals surface area contributed by atoms with Gasteiger partial charge in [-0.2, -0.15) is 0 Å². The van der Waals surface area contributed by atoms with Crippen molar-refractivity contribution in [3.05, 3.63) is 58.1 Å². The van der Waals surface area contributed by atoms with Crippen molar-refractivity contribution >= 4 is 17.5 Å². The molecule has 148 valence electrons. The summed E-state index contributed by atoms with van der Waals surface area (Å²) in [5.41, 5.74) is 2.23. The van der Waals surface area contributed by atoms with Crippen molar-refractivity contribution in [1.82, 2.24) is 4.90 Å². The summed E-state index contributed by atoms with van der Waals surface area (Å²) in [7, 11) is 2.69. The number of carbonyl (C=O) groups is 3. The number of rotatable bonds is 5. The monoisotopic (exact) mass is 383 g/mol. The molecule has 0 unspecified atom stereocenters. The fourth-order valence-electron chi connectivity index (χ4n) is 3.65. The van der Waals surface area contributed by atoms with Crippen LogP contribution in [0.25, 0.3) is 0 Å². The largest absolute Gasteiger partial charge is 0.489 e. The zero-order valence-corrected chi connectivity index (χ0v) is 16.5. The smallest absolute Gasteiger partial charge is 0.253 e. The minimum absolute atomic E-state index is 0.0416. The van der Waals surface area contributed by atoms with E-state index < -0.39 is 0 Å². The van der Waals surface area contributed by atoms with Crippen LogP contribution >= 0.6 is 0 Å². The molecule has 1 aromatic rings. The first-order chi connectivity index (χ1) is 13.5. The number of hydrogen-bond acceptors (Lipinski definition) is 5. The first-order valence-electron chi connectivity index (χ1n) is 9.47. The third-order valence-electron chi connectivity index (χ3n) is 5.32. The molecule has 1 heterocycles. The van der Waals surface area contributed by atoms with Gasteiger partial charge in [0.2, 0.25) is 23.1 Å². The minimum atomic E-state index is -0.343. The summed E-state index contributed by atoms with van der Waals surface area (Å²) in [6, 6.07) is 7.23. The predicted octanol–water partition coefficient (Wildman–Crippen LogP) is 2.83. The van der Waals surface area contributed by atoms with Gasteiger partial charge in [-0.25, -0.2) is 0 Å². The Hall–Kier alpha value is -2.89. The molecule has 28 heavy (non-hydrogen) atoms. The number of hydrogen-bond donors (Lipinski definition) is 0. The summed E-state index contributed by atoms with van der Waals surface area (Å²) in [4.78, 5) is 39.7. The Morgan fingerprint density at radius 3 is 2.07 bits per heavy atom. The van der Waals surface area contributed by atoms with Gasteiger partial charge in [0.05, 0.1) is 14.2 Å². The zero-order valence-electron chi connectivity index (χ0n) is 16.5. The van der Waals surface area contributed by atoms with E-state index in [1.165, 1.54) is 20.6 Å². The van der Waals surface area contributed by atoms with Crippen LogP contribution in [0.15, 0.2) is 46.9 Å². The van der Waals surface area contributed by atoms with E-state index >= 15 is 0 Å². The van der Waals surface area contributed by atoms with Gasteiger partial charge in [0.25, 0.3) is 5.91 Å². The Kier molecular flexibility index (Phi) is 5.97. The van der Waals surface area contributed by atoms with Gasteiger partial charge < -0.3 is 14.4 Å². The van der Waals surface area contributed by atoms with Gasteiger partial charge in [0.1, 0.15) is 0 Å². The maximum atomic E-state index is 12.7. The van der Waals surface area contributed by atoms with Gasteiger partial charge in [-0.15, -0.1) is 0 Å². The number of ketones is 2. The van der Waals surface area contributed by atoms with Crippen LogP contribution in [0.1, 0.15) is 42.1 Å².